The molecule has 1 aromatic rings. The number of halogens is 4. The summed E-state index contributed by atoms with van der Waals surface area (Å²) in [6.07, 6.45) is -2.54. The summed E-state index contributed by atoms with van der Waals surface area (Å²) >= 11 is 11.1. The zero-order chi connectivity index (χ0) is 13.9. The van der Waals surface area contributed by atoms with Crippen LogP contribution in [0.4, 0.5) is 8.78 Å². The fourth-order valence-corrected chi connectivity index (χ4v) is 1.65. The van der Waals surface area contributed by atoms with Crippen LogP contribution >= 0.6 is 23.2 Å². The molecule has 0 saturated carbocycles. The lowest BCUT2D eigenvalue weighted by Gasteiger charge is -2.08. The second-order valence-electron chi connectivity index (χ2n) is 3.23. The molecular weight excluding hydrogens is 289 g/mol. The van der Waals surface area contributed by atoms with Crippen LogP contribution in [0.25, 0.3) is 0 Å². The Kier molecular flexibility index (Phi) is 5.04. The molecule has 0 aromatic heterocycles. The standard InChI is InChI=1S/C11H8Cl2F2O3/c1-2-18-11(17)9(15)10(16)5-3-8(14)7(13)4-6(5)12/h3-4,9H,2H2,1H3. The van der Waals surface area contributed by atoms with E-state index in [1.807, 2.05) is 0 Å². The van der Waals surface area contributed by atoms with Crippen LogP contribution in [0.15, 0.2) is 12.1 Å². The fourth-order valence-electron chi connectivity index (χ4n) is 1.17. The molecule has 0 heterocycles. The topological polar surface area (TPSA) is 43.4 Å². The molecule has 1 atom stereocenters. The smallest absolute Gasteiger partial charge is 0.349 e. The number of alkyl halides is 1. The molecule has 1 unspecified atom stereocenters. The van der Waals surface area contributed by atoms with Gasteiger partial charge in [-0.3, -0.25) is 4.79 Å². The van der Waals surface area contributed by atoms with Crippen molar-refractivity contribution in [1.29, 1.82) is 0 Å². The average Bonchev–Trinajstić information content (AvgIpc) is 2.32. The quantitative estimate of drug-likeness (QED) is 0.371. The van der Waals surface area contributed by atoms with Gasteiger partial charge < -0.3 is 4.74 Å². The highest BCUT2D eigenvalue weighted by atomic mass is 35.5. The molecule has 1 rings (SSSR count). The van der Waals surface area contributed by atoms with Crippen molar-refractivity contribution in [1.82, 2.24) is 0 Å². The van der Waals surface area contributed by atoms with Gasteiger partial charge in [0.2, 0.25) is 5.78 Å². The van der Waals surface area contributed by atoms with Crippen molar-refractivity contribution in [2.45, 2.75) is 13.1 Å². The molecule has 0 aliphatic carbocycles. The number of esters is 1. The number of rotatable bonds is 4. The number of carbonyl (C=O) groups excluding carboxylic acids is 2. The minimum Gasteiger partial charge on any atom is -0.463 e. The predicted octanol–water partition coefficient (Wildman–Crippen LogP) is 3.22. The van der Waals surface area contributed by atoms with Gasteiger partial charge in [-0.05, 0) is 19.1 Å². The van der Waals surface area contributed by atoms with Crippen LogP contribution in [-0.4, -0.2) is 24.5 Å². The molecule has 0 amide bonds. The molecule has 3 nitrogen and oxygen atoms in total. The largest absolute Gasteiger partial charge is 0.463 e. The van der Waals surface area contributed by atoms with Crippen molar-refractivity contribution in [2.75, 3.05) is 6.61 Å². The molecule has 0 radical (unpaired) electrons. The Bertz CT molecular complexity index is 491. The molecule has 0 aliphatic heterocycles. The minimum absolute atomic E-state index is 0.0742. The summed E-state index contributed by atoms with van der Waals surface area (Å²) in [5, 5.41) is -0.540. The maximum absolute atomic E-state index is 13.4. The van der Waals surface area contributed by atoms with E-state index >= 15 is 0 Å². The van der Waals surface area contributed by atoms with E-state index in [1.54, 1.807) is 0 Å². The Balaban J connectivity index is 3.04. The van der Waals surface area contributed by atoms with E-state index in [-0.39, 0.29) is 16.7 Å². The van der Waals surface area contributed by atoms with Crippen LogP contribution in [-0.2, 0) is 9.53 Å². The normalized spacial score (nSPS) is 12.1. The molecule has 0 aliphatic rings. The van der Waals surface area contributed by atoms with Gasteiger partial charge in [0.1, 0.15) is 5.82 Å². The summed E-state index contributed by atoms with van der Waals surface area (Å²) in [7, 11) is 0. The summed E-state index contributed by atoms with van der Waals surface area (Å²) in [5.74, 6) is -3.54. The van der Waals surface area contributed by atoms with Gasteiger partial charge in [-0.1, -0.05) is 23.2 Å². The molecule has 7 heteroatoms. The van der Waals surface area contributed by atoms with E-state index in [0.29, 0.717) is 6.07 Å². The Morgan fingerprint density at radius 3 is 2.50 bits per heavy atom. The molecule has 0 fully saturated rings. The van der Waals surface area contributed by atoms with Crippen LogP contribution in [0.1, 0.15) is 17.3 Å². The van der Waals surface area contributed by atoms with Crippen molar-refractivity contribution < 1.29 is 23.1 Å². The third-order valence-corrected chi connectivity index (χ3v) is 2.60. The summed E-state index contributed by atoms with van der Waals surface area (Å²) in [4.78, 5) is 22.6. The number of Topliss-reactive ketones (excluding diaryl/α,β-unsaturated/α-hetero) is 1. The number of hydrogen-bond donors (Lipinski definition) is 0. The second-order valence-corrected chi connectivity index (χ2v) is 4.04. The monoisotopic (exact) mass is 296 g/mol. The lowest BCUT2D eigenvalue weighted by atomic mass is 10.1. The molecule has 0 saturated heterocycles. The highest BCUT2D eigenvalue weighted by Crippen LogP contribution is 2.26. The van der Waals surface area contributed by atoms with Crippen molar-refractivity contribution in [3.05, 3.63) is 33.6 Å². The van der Waals surface area contributed by atoms with Crippen molar-refractivity contribution >= 4 is 35.0 Å². The summed E-state index contributed by atoms with van der Waals surface area (Å²) in [6, 6.07) is 1.64. The Morgan fingerprint density at radius 1 is 1.33 bits per heavy atom. The van der Waals surface area contributed by atoms with Crippen LogP contribution in [0.5, 0.6) is 0 Å². The molecule has 1 aromatic carbocycles. The minimum atomic E-state index is -2.54. The Hall–Kier alpha value is -1.20. The third-order valence-electron chi connectivity index (χ3n) is 2.00. The van der Waals surface area contributed by atoms with Gasteiger partial charge >= 0.3 is 5.97 Å². The van der Waals surface area contributed by atoms with Crippen LogP contribution in [0.2, 0.25) is 10.0 Å². The predicted molar refractivity (Wildman–Crippen MR) is 62.3 cm³/mol. The van der Waals surface area contributed by atoms with E-state index in [9.17, 15) is 18.4 Å². The van der Waals surface area contributed by atoms with Crippen molar-refractivity contribution in [2.24, 2.45) is 0 Å². The first-order chi connectivity index (χ1) is 8.38. The van der Waals surface area contributed by atoms with Gasteiger partial charge in [-0.15, -0.1) is 0 Å². The molecule has 0 bridgehead atoms. The van der Waals surface area contributed by atoms with Crippen LogP contribution in [0.3, 0.4) is 0 Å². The number of ketones is 1. The fraction of sp³-hybridized carbons (Fsp3) is 0.273. The van der Waals surface area contributed by atoms with Gasteiger partial charge in [0.15, 0.2) is 0 Å². The zero-order valence-electron chi connectivity index (χ0n) is 9.18. The Labute approximate surface area is 112 Å². The molecule has 0 N–H and O–H groups in total. The van der Waals surface area contributed by atoms with Gasteiger partial charge in [0, 0.05) is 5.56 Å². The highest BCUT2D eigenvalue weighted by molar-refractivity contribution is 6.37. The Morgan fingerprint density at radius 2 is 1.94 bits per heavy atom. The number of benzene rings is 1. The first-order valence-electron chi connectivity index (χ1n) is 4.88. The first kappa shape index (κ1) is 14.9. The number of ether oxygens (including phenoxy) is 1. The van der Waals surface area contributed by atoms with Crippen LogP contribution in [0, 0.1) is 5.82 Å². The van der Waals surface area contributed by atoms with E-state index < -0.39 is 29.3 Å². The molecule has 98 valence electrons. The van der Waals surface area contributed by atoms with E-state index in [0.717, 1.165) is 6.07 Å². The van der Waals surface area contributed by atoms with E-state index in [1.165, 1.54) is 6.92 Å². The lowest BCUT2D eigenvalue weighted by Crippen LogP contribution is -2.28. The van der Waals surface area contributed by atoms with Gasteiger partial charge in [0.05, 0.1) is 16.7 Å². The maximum atomic E-state index is 13.4. The van der Waals surface area contributed by atoms with E-state index in [2.05, 4.69) is 4.74 Å². The first-order valence-corrected chi connectivity index (χ1v) is 5.63. The van der Waals surface area contributed by atoms with Gasteiger partial charge in [0.25, 0.3) is 6.17 Å². The zero-order valence-corrected chi connectivity index (χ0v) is 10.7. The SMILES string of the molecule is CCOC(=O)C(F)C(=O)c1cc(F)c(Cl)cc1Cl. The molecular formula is C11H8Cl2F2O3. The number of carbonyl (C=O) groups is 2. The van der Waals surface area contributed by atoms with Crippen LogP contribution < -0.4 is 0 Å². The molecule has 18 heavy (non-hydrogen) atoms. The van der Waals surface area contributed by atoms with Crippen molar-refractivity contribution in [3.8, 4) is 0 Å². The lowest BCUT2D eigenvalue weighted by molar-refractivity contribution is -0.147. The van der Waals surface area contributed by atoms with Gasteiger partial charge in [-0.25, -0.2) is 13.6 Å². The average molecular weight is 297 g/mol. The summed E-state index contributed by atoms with van der Waals surface area (Å²) < 4.78 is 30.9. The highest BCUT2D eigenvalue weighted by Gasteiger charge is 2.30. The third kappa shape index (κ3) is 3.17. The summed E-state index contributed by atoms with van der Waals surface area (Å²) in [6.45, 7) is 1.39. The van der Waals surface area contributed by atoms with Crippen molar-refractivity contribution in [3.63, 3.8) is 0 Å². The second kappa shape index (κ2) is 6.11. The maximum Gasteiger partial charge on any atom is 0.349 e. The number of hydrogen-bond acceptors (Lipinski definition) is 3. The van der Waals surface area contributed by atoms with Gasteiger partial charge in [-0.2, -0.15) is 0 Å². The summed E-state index contributed by atoms with van der Waals surface area (Å²) in [5.41, 5.74) is -0.459. The molecule has 0 spiro atoms. The van der Waals surface area contributed by atoms with E-state index in [4.69, 9.17) is 23.2 Å².